The molecule has 2 amide bonds. The van der Waals surface area contributed by atoms with E-state index in [9.17, 15) is 9.59 Å². The van der Waals surface area contributed by atoms with E-state index in [1.807, 2.05) is 43.5 Å². The zero-order chi connectivity index (χ0) is 19.4. The lowest BCUT2D eigenvalue weighted by Crippen LogP contribution is -2.31. The number of carbonyl (C=O) groups is 2. The van der Waals surface area contributed by atoms with Crippen molar-refractivity contribution in [3.63, 3.8) is 0 Å². The molecule has 0 saturated heterocycles. The van der Waals surface area contributed by atoms with Gasteiger partial charge in [-0.05, 0) is 52.2 Å². The standard InChI is InChI=1S/C20H26N4O3/c1-4-27-16-11-6-5-9-14(16)22-20(26)18-23-17(19(25)21-13(2)3)15-10-7-8-12-24(15)18/h5-6,9,11,13H,4,7-8,10,12H2,1-3H3,(H,21,25)(H,22,26). The summed E-state index contributed by atoms with van der Waals surface area (Å²) in [5.41, 5.74) is 1.78. The molecule has 0 unspecified atom stereocenters. The fourth-order valence-electron chi connectivity index (χ4n) is 3.26. The van der Waals surface area contributed by atoms with E-state index < -0.39 is 0 Å². The molecule has 7 nitrogen and oxygen atoms in total. The first-order chi connectivity index (χ1) is 13.0. The quantitative estimate of drug-likeness (QED) is 0.818. The smallest absolute Gasteiger partial charge is 0.291 e. The Morgan fingerprint density at radius 1 is 1.22 bits per heavy atom. The Labute approximate surface area is 159 Å². The van der Waals surface area contributed by atoms with Gasteiger partial charge in [0.15, 0.2) is 5.82 Å². The van der Waals surface area contributed by atoms with Crippen LogP contribution in [0.1, 0.15) is 60.4 Å². The second kappa shape index (κ2) is 8.24. The second-order valence-corrected chi connectivity index (χ2v) is 6.85. The molecule has 2 heterocycles. The number of rotatable bonds is 6. The molecule has 0 aliphatic carbocycles. The Morgan fingerprint density at radius 2 is 2.00 bits per heavy atom. The number of nitrogens with one attached hydrogen (secondary N) is 2. The van der Waals surface area contributed by atoms with Crippen LogP contribution >= 0.6 is 0 Å². The summed E-state index contributed by atoms with van der Waals surface area (Å²) in [6.07, 6.45) is 2.70. The van der Waals surface area contributed by atoms with Crippen molar-refractivity contribution in [1.82, 2.24) is 14.9 Å². The number of hydrogen-bond acceptors (Lipinski definition) is 4. The molecule has 2 N–H and O–H groups in total. The molecular formula is C20H26N4O3. The molecule has 0 radical (unpaired) electrons. The highest BCUT2D eigenvalue weighted by Crippen LogP contribution is 2.26. The number of amides is 2. The predicted molar refractivity (Wildman–Crippen MR) is 103 cm³/mol. The number of benzene rings is 1. The Morgan fingerprint density at radius 3 is 2.74 bits per heavy atom. The number of hydrogen-bond donors (Lipinski definition) is 2. The third kappa shape index (κ3) is 4.13. The normalized spacial score (nSPS) is 13.2. The molecule has 0 saturated carbocycles. The molecule has 27 heavy (non-hydrogen) atoms. The van der Waals surface area contributed by atoms with Crippen molar-refractivity contribution in [2.75, 3.05) is 11.9 Å². The minimum absolute atomic E-state index is 0.00814. The predicted octanol–water partition coefficient (Wildman–Crippen LogP) is 3.01. The van der Waals surface area contributed by atoms with Crippen molar-refractivity contribution in [3.05, 3.63) is 41.5 Å². The minimum Gasteiger partial charge on any atom is -0.492 e. The number of imidazole rings is 1. The van der Waals surface area contributed by atoms with Gasteiger partial charge in [-0.2, -0.15) is 0 Å². The molecule has 7 heteroatoms. The Kier molecular flexibility index (Phi) is 5.78. The van der Waals surface area contributed by atoms with Crippen LogP contribution in [0.25, 0.3) is 0 Å². The summed E-state index contributed by atoms with van der Waals surface area (Å²) in [4.78, 5) is 29.9. The van der Waals surface area contributed by atoms with Crippen LogP contribution < -0.4 is 15.4 Å². The maximum Gasteiger partial charge on any atom is 0.291 e. The zero-order valence-electron chi connectivity index (χ0n) is 16.0. The highest BCUT2D eigenvalue weighted by atomic mass is 16.5. The van der Waals surface area contributed by atoms with Gasteiger partial charge in [0.1, 0.15) is 11.4 Å². The zero-order valence-corrected chi connectivity index (χ0v) is 16.0. The first kappa shape index (κ1) is 18.9. The number of aromatic nitrogens is 2. The van der Waals surface area contributed by atoms with Gasteiger partial charge in [0, 0.05) is 12.6 Å². The van der Waals surface area contributed by atoms with Crippen LogP contribution in [-0.4, -0.2) is 34.0 Å². The van der Waals surface area contributed by atoms with E-state index in [2.05, 4.69) is 15.6 Å². The molecule has 3 rings (SSSR count). The first-order valence-corrected chi connectivity index (χ1v) is 9.44. The molecule has 2 aromatic rings. The molecule has 1 aliphatic heterocycles. The lowest BCUT2D eigenvalue weighted by Gasteiger charge is -2.17. The molecular weight excluding hydrogens is 344 g/mol. The van der Waals surface area contributed by atoms with Gasteiger partial charge in [-0.1, -0.05) is 12.1 Å². The van der Waals surface area contributed by atoms with Crippen molar-refractivity contribution < 1.29 is 14.3 Å². The van der Waals surface area contributed by atoms with Crippen molar-refractivity contribution in [3.8, 4) is 5.75 Å². The number of carbonyl (C=O) groups excluding carboxylic acids is 2. The van der Waals surface area contributed by atoms with Crippen LogP contribution in [-0.2, 0) is 13.0 Å². The van der Waals surface area contributed by atoms with Crippen LogP contribution in [0, 0.1) is 0 Å². The number of ether oxygens (including phenoxy) is 1. The summed E-state index contributed by atoms with van der Waals surface area (Å²) in [7, 11) is 0. The topological polar surface area (TPSA) is 85.2 Å². The van der Waals surface area contributed by atoms with Gasteiger partial charge < -0.3 is 19.9 Å². The van der Waals surface area contributed by atoms with E-state index in [1.54, 1.807) is 6.07 Å². The third-order valence-electron chi connectivity index (χ3n) is 4.39. The van der Waals surface area contributed by atoms with E-state index in [0.717, 1.165) is 25.0 Å². The summed E-state index contributed by atoms with van der Waals surface area (Å²) < 4.78 is 7.44. The Balaban J connectivity index is 1.91. The van der Waals surface area contributed by atoms with E-state index in [4.69, 9.17) is 4.74 Å². The molecule has 1 aromatic carbocycles. The van der Waals surface area contributed by atoms with Crippen molar-refractivity contribution in [1.29, 1.82) is 0 Å². The number of nitrogens with zero attached hydrogens (tertiary/aromatic N) is 2. The highest BCUT2D eigenvalue weighted by Gasteiger charge is 2.28. The van der Waals surface area contributed by atoms with Gasteiger partial charge in [0.2, 0.25) is 0 Å². The SMILES string of the molecule is CCOc1ccccc1NC(=O)c1nc(C(=O)NC(C)C)c2n1CCCC2. The molecule has 1 aromatic heterocycles. The lowest BCUT2D eigenvalue weighted by molar-refractivity contribution is 0.0937. The summed E-state index contributed by atoms with van der Waals surface area (Å²) in [5, 5.41) is 5.75. The van der Waals surface area contributed by atoms with E-state index in [0.29, 0.717) is 30.3 Å². The lowest BCUT2D eigenvalue weighted by atomic mass is 10.1. The minimum atomic E-state index is -0.339. The molecule has 0 spiro atoms. The summed E-state index contributed by atoms with van der Waals surface area (Å²) in [6, 6.07) is 7.29. The van der Waals surface area contributed by atoms with Crippen LogP contribution in [0.2, 0.25) is 0 Å². The molecule has 0 fully saturated rings. The fraction of sp³-hybridized carbons (Fsp3) is 0.450. The maximum atomic E-state index is 12.9. The molecule has 0 bridgehead atoms. The number of anilines is 1. The van der Waals surface area contributed by atoms with Crippen molar-refractivity contribution in [2.24, 2.45) is 0 Å². The number of para-hydroxylation sites is 2. The average Bonchev–Trinajstić information content (AvgIpc) is 3.03. The summed E-state index contributed by atoms with van der Waals surface area (Å²) in [5.74, 6) is 0.305. The van der Waals surface area contributed by atoms with Crippen LogP contribution in [0.5, 0.6) is 5.75 Å². The number of fused-ring (bicyclic) bond motifs is 1. The van der Waals surface area contributed by atoms with Gasteiger partial charge in [-0.25, -0.2) is 4.98 Å². The van der Waals surface area contributed by atoms with Crippen LogP contribution in [0.15, 0.2) is 24.3 Å². The average molecular weight is 370 g/mol. The van der Waals surface area contributed by atoms with Crippen molar-refractivity contribution >= 4 is 17.5 Å². The largest absolute Gasteiger partial charge is 0.492 e. The summed E-state index contributed by atoms with van der Waals surface area (Å²) in [6.45, 7) is 6.89. The van der Waals surface area contributed by atoms with Crippen LogP contribution in [0.4, 0.5) is 5.69 Å². The Bertz CT molecular complexity index is 842. The van der Waals surface area contributed by atoms with Gasteiger partial charge in [-0.15, -0.1) is 0 Å². The molecule has 0 atom stereocenters. The second-order valence-electron chi connectivity index (χ2n) is 6.85. The van der Waals surface area contributed by atoms with Crippen LogP contribution in [0.3, 0.4) is 0 Å². The molecule has 1 aliphatic rings. The highest BCUT2D eigenvalue weighted by molar-refractivity contribution is 6.04. The third-order valence-corrected chi connectivity index (χ3v) is 4.39. The van der Waals surface area contributed by atoms with Gasteiger partial charge in [0.25, 0.3) is 11.8 Å². The monoisotopic (exact) mass is 370 g/mol. The van der Waals surface area contributed by atoms with E-state index in [-0.39, 0.29) is 23.7 Å². The van der Waals surface area contributed by atoms with Crippen molar-refractivity contribution in [2.45, 2.75) is 52.6 Å². The Hall–Kier alpha value is -2.83. The van der Waals surface area contributed by atoms with E-state index in [1.165, 1.54) is 0 Å². The fourth-order valence-corrected chi connectivity index (χ4v) is 3.26. The van der Waals surface area contributed by atoms with Gasteiger partial charge in [-0.3, -0.25) is 9.59 Å². The summed E-state index contributed by atoms with van der Waals surface area (Å²) >= 11 is 0. The van der Waals surface area contributed by atoms with Gasteiger partial charge >= 0.3 is 0 Å². The van der Waals surface area contributed by atoms with Gasteiger partial charge in [0.05, 0.1) is 18.0 Å². The maximum absolute atomic E-state index is 12.9. The first-order valence-electron chi connectivity index (χ1n) is 9.44. The van der Waals surface area contributed by atoms with E-state index >= 15 is 0 Å². The molecule has 144 valence electrons.